The number of hydrogen-bond donors (Lipinski definition) is 0. The molecule has 44 heavy (non-hydrogen) atoms. The molecule has 3 fully saturated rings. The second-order valence-corrected chi connectivity index (χ2v) is 15.4. The number of fused-ring (bicyclic) bond motifs is 5. The number of carbonyl (C=O) groups is 3. The summed E-state index contributed by atoms with van der Waals surface area (Å²) in [5.41, 5.74) is -2.63. The number of allylic oxidation sites excluding steroid dienone is 4. The monoisotopic (exact) mass is 640 g/mol. The van der Waals surface area contributed by atoms with Crippen molar-refractivity contribution >= 4 is 29.3 Å². The van der Waals surface area contributed by atoms with Crippen molar-refractivity contribution in [2.45, 2.75) is 82.2 Å². The molecule has 1 saturated heterocycles. The van der Waals surface area contributed by atoms with Crippen molar-refractivity contribution in [1.29, 1.82) is 0 Å². The van der Waals surface area contributed by atoms with E-state index >= 15 is 0 Å². The molecule has 1 aromatic carbocycles. The van der Waals surface area contributed by atoms with Crippen molar-refractivity contribution in [1.82, 2.24) is 0 Å². The van der Waals surface area contributed by atoms with Crippen molar-refractivity contribution in [2.75, 3.05) is 6.61 Å². The summed E-state index contributed by atoms with van der Waals surface area (Å²) in [6, 6.07) is 4.15. The zero-order valence-corrected chi connectivity index (χ0v) is 24.8. The van der Waals surface area contributed by atoms with Gasteiger partial charge >= 0.3 is 23.4 Å². The van der Waals surface area contributed by atoms with E-state index in [0.29, 0.717) is 31.4 Å². The van der Waals surface area contributed by atoms with Gasteiger partial charge in [-0.05, 0) is 85.1 Å². The van der Waals surface area contributed by atoms with Crippen molar-refractivity contribution in [3.05, 3.63) is 64.8 Å². The van der Waals surface area contributed by atoms with Gasteiger partial charge in [-0.25, -0.2) is 0 Å². The Hall–Kier alpha value is -2.78. The van der Waals surface area contributed by atoms with Crippen LogP contribution >= 0.6 is 7.14 Å². The number of ketones is 1. The van der Waals surface area contributed by atoms with E-state index in [0.717, 1.165) is 66.5 Å². The minimum atomic E-state index is -6.30. The molecule has 1 heterocycles. The number of ether oxygens (including phenoxy) is 1. The molecule has 4 aliphatic carbocycles. The smallest absolute Gasteiger partial charge is 0.370 e. The van der Waals surface area contributed by atoms with E-state index in [1.165, 1.54) is 12.1 Å². The summed E-state index contributed by atoms with van der Waals surface area (Å²) >= 11 is 0. The third-order valence-corrected chi connectivity index (χ3v) is 13.6. The second kappa shape index (κ2) is 10.1. The Bertz CT molecular complexity index is 1550. The van der Waals surface area contributed by atoms with Crippen LogP contribution in [0, 0.1) is 17.3 Å². The molecule has 5 nitrogen and oxygen atoms in total. The summed E-state index contributed by atoms with van der Waals surface area (Å²) in [4.78, 5) is 36.5. The van der Waals surface area contributed by atoms with Crippen LogP contribution in [0.1, 0.15) is 69.8 Å². The molecule has 0 N–H and O–H groups in total. The predicted molar refractivity (Wildman–Crippen MR) is 149 cm³/mol. The average Bonchev–Trinajstić information content (AvgIpc) is 3.49. The molecule has 0 aromatic heterocycles. The fourth-order valence-electron chi connectivity index (χ4n) is 9.02. The molecule has 236 valence electrons. The molecule has 2 saturated carbocycles. The van der Waals surface area contributed by atoms with Crippen molar-refractivity contribution in [3.8, 4) is 0 Å². The summed E-state index contributed by atoms with van der Waals surface area (Å²) in [6.07, 6.45) is -4.81. The van der Waals surface area contributed by atoms with Gasteiger partial charge in [0.1, 0.15) is 0 Å². The zero-order valence-electron chi connectivity index (χ0n) is 23.9. The first-order chi connectivity index (χ1) is 20.4. The number of alkyl halides is 6. The fraction of sp³-hybridized carbons (Fsp3) is 0.531. The van der Waals surface area contributed by atoms with Gasteiger partial charge in [-0.1, -0.05) is 43.3 Å². The lowest BCUT2D eigenvalue weighted by molar-refractivity contribution is -0.166. The van der Waals surface area contributed by atoms with Gasteiger partial charge in [0.2, 0.25) is 0 Å². The molecule has 1 aliphatic heterocycles. The van der Waals surface area contributed by atoms with Crippen LogP contribution in [0.15, 0.2) is 59.2 Å². The van der Waals surface area contributed by atoms with Crippen LogP contribution in [0.2, 0.25) is 0 Å². The quantitative estimate of drug-likeness (QED) is 0.194. The van der Waals surface area contributed by atoms with Crippen molar-refractivity contribution in [3.63, 3.8) is 0 Å². The Kier molecular flexibility index (Phi) is 7.17. The highest BCUT2D eigenvalue weighted by Gasteiger charge is 2.66. The van der Waals surface area contributed by atoms with E-state index < -0.39 is 41.4 Å². The second-order valence-electron chi connectivity index (χ2n) is 12.9. The molecular formula is C32H31F6O5P. The Balaban J connectivity index is 1.49. The summed E-state index contributed by atoms with van der Waals surface area (Å²) in [5.74, 6) is 0.0490. The number of hydrogen-bond acceptors (Lipinski definition) is 5. The van der Waals surface area contributed by atoms with E-state index in [2.05, 4.69) is 13.5 Å². The summed E-state index contributed by atoms with van der Waals surface area (Å²) < 4.78 is 99.9. The molecule has 0 amide bonds. The van der Waals surface area contributed by atoms with Crippen molar-refractivity contribution in [2.24, 2.45) is 17.3 Å². The van der Waals surface area contributed by atoms with Crippen LogP contribution in [0.3, 0.4) is 0 Å². The molecule has 5 aliphatic rings. The third kappa shape index (κ3) is 4.39. The molecule has 5 atom stereocenters. The first kappa shape index (κ1) is 31.2. The van der Waals surface area contributed by atoms with E-state index in [-0.39, 0.29) is 29.0 Å². The van der Waals surface area contributed by atoms with Gasteiger partial charge in [-0.3, -0.25) is 14.4 Å². The fourth-order valence-corrected chi connectivity index (χ4v) is 11.0. The van der Waals surface area contributed by atoms with E-state index in [4.69, 9.17) is 4.74 Å². The molecule has 6 rings (SSSR count). The molecule has 1 aromatic rings. The van der Waals surface area contributed by atoms with Gasteiger partial charge in [0, 0.05) is 23.1 Å². The highest BCUT2D eigenvalue weighted by Crippen LogP contribution is 2.70. The van der Waals surface area contributed by atoms with Gasteiger partial charge in [-0.2, -0.15) is 26.3 Å². The Morgan fingerprint density at radius 2 is 1.59 bits per heavy atom. The lowest BCUT2D eigenvalue weighted by Gasteiger charge is -2.55. The minimum Gasteiger partial charge on any atom is -0.370 e. The molecular weight excluding hydrogens is 609 g/mol. The maximum absolute atomic E-state index is 13.4. The summed E-state index contributed by atoms with van der Waals surface area (Å²) in [5, 5.41) is -1.11. The standard InChI is InChI=1S/C32H31F6O5P/c1-17-12-14-43-30(17)13-11-25-23-9-5-19-15-20(39)6-10-22(19)26(23)24(16-29(25,30)2)18-3-7-21(8-4-18)44(42,27(40)31(33,34)35)28(41)32(36,37)38/h3-4,7-8,15,23-25H,1,5-6,9-14,16H2,2H3/t23-,24+,25-,29-,30+/m0/s1. The van der Waals surface area contributed by atoms with Crippen LogP contribution in [-0.2, 0) is 23.7 Å². The molecule has 12 heteroatoms. The van der Waals surface area contributed by atoms with Crippen LogP contribution in [0.5, 0.6) is 0 Å². The average molecular weight is 641 g/mol. The predicted octanol–water partition coefficient (Wildman–Crippen LogP) is 7.47. The molecule has 1 spiro atoms. The molecule has 0 radical (unpaired) electrons. The van der Waals surface area contributed by atoms with Gasteiger partial charge in [0.05, 0.1) is 12.2 Å². The van der Waals surface area contributed by atoms with Gasteiger partial charge in [0.15, 0.2) is 5.78 Å². The summed E-state index contributed by atoms with van der Waals surface area (Å²) in [6.45, 7) is 7.07. The Morgan fingerprint density at radius 1 is 0.955 bits per heavy atom. The van der Waals surface area contributed by atoms with Crippen LogP contribution in [-0.4, -0.2) is 41.4 Å². The zero-order chi connectivity index (χ0) is 32.0. The highest BCUT2D eigenvalue weighted by atomic mass is 31.2. The number of benzene rings is 1. The lowest BCUT2D eigenvalue weighted by atomic mass is 9.50. The number of rotatable bonds is 4. The van der Waals surface area contributed by atoms with Gasteiger partial charge < -0.3 is 9.30 Å². The number of carbonyl (C=O) groups excluding carboxylic acids is 3. The maximum atomic E-state index is 13.4. The van der Waals surface area contributed by atoms with Crippen LogP contribution in [0.4, 0.5) is 26.3 Å². The number of halogens is 6. The first-order valence-corrected chi connectivity index (χ1v) is 16.4. The van der Waals surface area contributed by atoms with E-state index in [1.54, 1.807) is 6.08 Å². The Labute approximate surface area is 250 Å². The maximum Gasteiger partial charge on any atom is 0.458 e. The van der Waals surface area contributed by atoms with E-state index in [9.17, 15) is 45.3 Å². The van der Waals surface area contributed by atoms with Crippen LogP contribution in [0.25, 0.3) is 0 Å². The normalized spacial score (nSPS) is 32.3. The Morgan fingerprint density at radius 3 is 2.16 bits per heavy atom. The largest absolute Gasteiger partial charge is 0.458 e. The topological polar surface area (TPSA) is 77.5 Å². The molecule has 0 bridgehead atoms. The highest BCUT2D eigenvalue weighted by molar-refractivity contribution is 8.00. The first-order valence-electron chi connectivity index (χ1n) is 14.7. The SMILES string of the molecule is C=C1CCO[C@]12CC[C@H]1[C@@H]3CCC4=CC(=O)CCC4=C3[C@@H](c3ccc(P(=O)(C(=O)C(F)(F)F)C(=O)C(F)(F)F)cc3)C[C@@]12C. The summed E-state index contributed by atoms with van der Waals surface area (Å²) in [7, 11) is -6.30. The van der Waals surface area contributed by atoms with E-state index in [1.807, 2.05) is 0 Å². The molecule has 0 unspecified atom stereocenters. The van der Waals surface area contributed by atoms with Crippen LogP contribution < -0.4 is 5.30 Å². The minimum absolute atomic E-state index is 0.0410. The van der Waals surface area contributed by atoms with Gasteiger partial charge in [0.25, 0.3) is 7.14 Å². The third-order valence-electron chi connectivity index (χ3n) is 10.9. The van der Waals surface area contributed by atoms with Crippen molar-refractivity contribution < 1.29 is 50.0 Å². The van der Waals surface area contributed by atoms with Gasteiger partial charge in [-0.15, -0.1) is 0 Å². The lowest BCUT2D eigenvalue weighted by Crippen LogP contribution is -2.52.